The normalized spacial score (nSPS) is 14.2. The maximum Gasteiger partial charge on any atom is 0.224 e. The number of hydrogen-bond acceptors (Lipinski definition) is 4. The van der Waals surface area contributed by atoms with Crippen molar-refractivity contribution < 1.29 is 14.3 Å². The van der Waals surface area contributed by atoms with Gasteiger partial charge in [0.05, 0.1) is 19.6 Å². The lowest BCUT2D eigenvalue weighted by Gasteiger charge is -2.21. The number of amides is 1. The molecule has 0 radical (unpaired) electrons. The van der Waals surface area contributed by atoms with Crippen molar-refractivity contribution in [2.45, 2.75) is 26.0 Å². The van der Waals surface area contributed by atoms with Crippen LogP contribution in [0.1, 0.15) is 25.5 Å². The lowest BCUT2D eigenvalue weighted by molar-refractivity contribution is -0.125. The van der Waals surface area contributed by atoms with Gasteiger partial charge in [-0.25, -0.2) is 0 Å². The highest BCUT2D eigenvalue weighted by Crippen LogP contribution is 2.20. The molecule has 0 saturated carbocycles. The van der Waals surface area contributed by atoms with Gasteiger partial charge in [-0.3, -0.25) is 4.79 Å². The molecule has 0 fully saturated rings. The largest absolute Gasteiger partial charge is 0.497 e. The highest BCUT2D eigenvalue weighted by Gasteiger charge is 2.22. The van der Waals surface area contributed by atoms with Crippen molar-refractivity contribution in [2.24, 2.45) is 11.7 Å². The molecule has 0 aromatic heterocycles. The van der Waals surface area contributed by atoms with E-state index in [1.54, 1.807) is 7.11 Å². The van der Waals surface area contributed by atoms with Crippen molar-refractivity contribution in [3.63, 3.8) is 0 Å². The zero-order chi connectivity index (χ0) is 18.2. The molecule has 5 heteroatoms. The first kappa shape index (κ1) is 18.8. The molecule has 25 heavy (non-hydrogen) atoms. The molecule has 2 rings (SSSR count). The van der Waals surface area contributed by atoms with E-state index in [9.17, 15) is 4.79 Å². The second-order valence-electron chi connectivity index (χ2n) is 6.07. The van der Waals surface area contributed by atoms with Crippen LogP contribution >= 0.6 is 0 Å². The van der Waals surface area contributed by atoms with Gasteiger partial charge in [-0.05, 0) is 36.8 Å². The Kier molecular flexibility index (Phi) is 6.83. The molecule has 5 nitrogen and oxygen atoms in total. The van der Waals surface area contributed by atoms with Crippen LogP contribution in [0.15, 0.2) is 54.6 Å². The molecule has 3 atom stereocenters. The van der Waals surface area contributed by atoms with Gasteiger partial charge in [-0.1, -0.05) is 37.3 Å². The summed E-state index contributed by atoms with van der Waals surface area (Å²) in [6.45, 7) is 4.16. The van der Waals surface area contributed by atoms with Crippen LogP contribution in [0.5, 0.6) is 11.5 Å². The Balaban J connectivity index is 1.81. The van der Waals surface area contributed by atoms with Gasteiger partial charge >= 0.3 is 0 Å². The zero-order valence-corrected chi connectivity index (χ0v) is 14.9. The summed E-state index contributed by atoms with van der Waals surface area (Å²) in [5.74, 6) is 1.10. The number of nitrogens with two attached hydrogens (primary N) is 1. The molecule has 0 saturated heterocycles. The van der Waals surface area contributed by atoms with Crippen LogP contribution in [-0.4, -0.2) is 25.7 Å². The molecule has 0 aliphatic rings. The van der Waals surface area contributed by atoms with Gasteiger partial charge in [-0.15, -0.1) is 0 Å². The predicted molar refractivity (Wildman–Crippen MR) is 98.6 cm³/mol. The van der Waals surface area contributed by atoms with Crippen molar-refractivity contribution >= 4 is 5.91 Å². The van der Waals surface area contributed by atoms with Gasteiger partial charge in [0.1, 0.15) is 17.6 Å². The Morgan fingerprint density at radius 2 is 1.64 bits per heavy atom. The fourth-order valence-electron chi connectivity index (χ4n) is 2.46. The molecule has 134 valence electrons. The summed E-state index contributed by atoms with van der Waals surface area (Å²) in [4.78, 5) is 12.3. The smallest absolute Gasteiger partial charge is 0.224 e. The van der Waals surface area contributed by atoms with Crippen LogP contribution in [0.4, 0.5) is 0 Å². The molecule has 2 aromatic rings. The minimum atomic E-state index is -0.334. The molecule has 0 aliphatic heterocycles. The van der Waals surface area contributed by atoms with Crippen LogP contribution in [0.3, 0.4) is 0 Å². The minimum absolute atomic E-state index is 0.0819. The van der Waals surface area contributed by atoms with E-state index in [2.05, 4.69) is 5.32 Å². The number of methoxy groups -OCH3 is 1. The summed E-state index contributed by atoms with van der Waals surface area (Å²) in [5.41, 5.74) is 7.14. The molecule has 2 aromatic carbocycles. The third-order valence-corrected chi connectivity index (χ3v) is 4.10. The lowest BCUT2D eigenvalue weighted by Crippen LogP contribution is -2.40. The van der Waals surface area contributed by atoms with Crippen molar-refractivity contribution in [3.8, 4) is 11.5 Å². The first-order valence-corrected chi connectivity index (χ1v) is 8.40. The lowest BCUT2D eigenvalue weighted by atomic mass is 9.94. The maximum atomic E-state index is 12.3. The van der Waals surface area contributed by atoms with E-state index in [0.29, 0.717) is 6.54 Å². The number of carbonyl (C=O) groups is 1. The Morgan fingerprint density at radius 1 is 1.04 bits per heavy atom. The Morgan fingerprint density at radius 3 is 2.24 bits per heavy atom. The summed E-state index contributed by atoms with van der Waals surface area (Å²) in [7, 11) is 1.62. The molecule has 3 unspecified atom stereocenters. The molecule has 0 spiro atoms. The highest BCUT2D eigenvalue weighted by atomic mass is 16.5. The third-order valence-electron chi connectivity index (χ3n) is 4.10. The first-order chi connectivity index (χ1) is 12.0. The molecule has 1 amide bonds. The second-order valence-corrected chi connectivity index (χ2v) is 6.07. The molecule has 3 N–H and O–H groups in total. The van der Waals surface area contributed by atoms with Crippen molar-refractivity contribution in [1.29, 1.82) is 0 Å². The Labute approximate surface area is 149 Å². The average molecular weight is 342 g/mol. The second kappa shape index (κ2) is 9.08. The molecular formula is C20H26N2O3. The predicted octanol–water partition coefficient (Wildman–Crippen LogP) is 2.91. The first-order valence-electron chi connectivity index (χ1n) is 8.40. The summed E-state index contributed by atoms with van der Waals surface area (Å²) in [6, 6.07) is 16.7. The standard InChI is InChI=1S/C20H26N2O3/c1-14(25-18-11-9-17(24-3)10-12-18)13-22-20(23)15(2)19(21)16-7-5-4-6-8-16/h4-12,14-15,19H,13,21H2,1-3H3,(H,22,23). The highest BCUT2D eigenvalue weighted by molar-refractivity contribution is 5.79. The fraction of sp³-hybridized carbons (Fsp3) is 0.350. The number of carbonyl (C=O) groups excluding carboxylic acids is 1. The number of benzene rings is 2. The van der Waals surface area contributed by atoms with Crippen LogP contribution in [0, 0.1) is 5.92 Å². The van der Waals surface area contributed by atoms with E-state index < -0.39 is 0 Å². The van der Waals surface area contributed by atoms with Crippen molar-refractivity contribution in [3.05, 3.63) is 60.2 Å². The van der Waals surface area contributed by atoms with Gasteiger partial charge in [-0.2, -0.15) is 0 Å². The quantitative estimate of drug-likeness (QED) is 0.773. The van der Waals surface area contributed by atoms with E-state index in [0.717, 1.165) is 17.1 Å². The number of rotatable bonds is 8. The maximum absolute atomic E-state index is 12.3. The zero-order valence-electron chi connectivity index (χ0n) is 14.9. The molecule has 0 bridgehead atoms. The monoisotopic (exact) mass is 342 g/mol. The van der Waals surface area contributed by atoms with Gasteiger partial charge in [0.15, 0.2) is 0 Å². The van der Waals surface area contributed by atoms with Crippen LogP contribution in [0.2, 0.25) is 0 Å². The average Bonchev–Trinajstić information content (AvgIpc) is 2.66. The summed E-state index contributed by atoms with van der Waals surface area (Å²) < 4.78 is 10.9. The van der Waals surface area contributed by atoms with E-state index >= 15 is 0 Å². The molecule has 0 aliphatic carbocycles. The van der Waals surface area contributed by atoms with Crippen molar-refractivity contribution in [2.75, 3.05) is 13.7 Å². The van der Waals surface area contributed by atoms with Crippen LogP contribution in [0.25, 0.3) is 0 Å². The summed E-state index contributed by atoms with van der Waals surface area (Å²) >= 11 is 0. The van der Waals surface area contributed by atoms with Gasteiger partial charge in [0, 0.05) is 6.04 Å². The van der Waals surface area contributed by atoms with Gasteiger partial charge < -0.3 is 20.5 Å². The van der Waals surface area contributed by atoms with E-state index in [1.165, 1.54) is 0 Å². The topological polar surface area (TPSA) is 73.6 Å². The third kappa shape index (κ3) is 5.50. The Hall–Kier alpha value is -2.53. The molecule has 0 heterocycles. The number of nitrogens with one attached hydrogen (secondary N) is 1. The number of hydrogen-bond donors (Lipinski definition) is 2. The van der Waals surface area contributed by atoms with E-state index in [1.807, 2.05) is 68.4 Å². The summed E-state index contributed by atoms with van der Waals surface area (Å²) in [5, 5.41) is 2.91. The van der Waals surface area contributed by atoms with E-state index in [4.69, 9.17) is 15.2 Å². The minimum Gasteiger partial charge on any atom is -0.497 e. The van der Waals surface area contributed by atoms with Gasteiger partial charge in [0.25, 0.3) is 0 Å². The number of ether oxygens (including phenoxy) is 2. The SMILES string of the molecule is COc1ccc(OC(C)CNC(=O)C(C)C(N)c2ccccc2)cc1. The van der Waals surface area contributed by atoms with Gasteiger partial charge in [0.2, 0.25) is 5.91 Å². The molecular weight excluding hydrogens is 316 g/mol. The Bertz CT molecular complexity index is 658. The van der Waals surface area contributed by atoms with Crippen LogP contribution < -0.4 is 20.5 Å². The van der Waals surface area contributed by atoms with Crippen molar-refractivity contribution in [1.82, 2.24) is 5.32 Å². The van der Waals surface area contributed by atoms with Crippen LogP contribution in [-0.2, 0) is 4.79 Å². The van der Waals surface area contributed by atoms with E-state index in [-0.39, 0.29) is 24.0 Å². The fourth-order valence-corrected chi connectivity index (χ4v) is 2.46. The summed E-state index contributed by atoms with van der Waals surface area (Å²) in [6.07, 6.45) is -0.155.